The van der Waals surface area contributed by atoms with Gasteiger partial charge in [-0.05, 0) is 77.0 Å². The van der Waals surface area contributed by atoms with Crippen LogP contribution in [-0.4, -0.2) is 78.8 Å². The van der Waals surface area contributed by atoms with Crippen LogP contribution in [-0.2, 0) is 22.4 Å². The standard InChI is InChI=1S/C31H42FN3O6/c1-19-14-23(28-25(15-19)40-18-26(41-28)31(2,3)32)27(30(36)37)35-12-10-21(17-35)39-13-6-5-8-20-16-24(38-4)22-9-7-11-33-29(22)34-20/h14-16,21,26-27H,5-13,17-18H2,1-4H3,(H,33,34)(H,36,37)/t21-,26-,27?/m1/s1. The van der Waals surface area contributed by atoms with Gasteiger partial charge in [-0.2, -0.15) is 0 Å². The van der Waals surface area contributed by atoms with E-state index in [1.165, 1.54) is 13.8 Å². The maximum Gasteiger partial charge on any atom is 0.325 e. The van der Waals surface area contributed by atoms with Gasteiger partial charge >= 0.3 is 5.97 Å². The fraction of sp³-hybridized carbons (Fsp3) is 0.613. The molecule has 1 aromatic carbocycles. The SMILES string of the molecule is COc1cc(CCCCO[C@@H]2CCN(C(C(=O)O)c3cc(C)cc4c3O[C@@H](C(C)(C)F)CO4)C2)nc2c1CCCN2. The zero-order valence-corrected chi connectivity index (χ0v) is 24.5. The normalized spacial score (nSPS) is 21.2. The lowest BCUT2D eigenvalue weighted by Gasteiger charge is -2.35. The second-order valence-electron chi connectivity index (χ2n) is 11.8. The van der Waals surface area contributed by atoms with Crippen LogP contribution in [0.3, 0.4) is 0 Å². The minimum absolute atomic E-state index is 0.0571. The molecule has 0 spiro atoms. The first-order valence-corrected chi connectivity index (χ1v) is 14.7. The number of anilines is 1. The summed E-state index contributed by atoms with van der Waals surface area (Å²) in [6.07, 6.45) is 4.58. The summed E-state index contributed by atoms with van der Waals surface area (Å²) in [6.45, 7) is 7.45. The number of halogens is 1. The molecule has 0 bridgehead atoms. The van der Waals surface area contributed by atoms with Crippen LogP contribution in [0.5, 0.6) is 17.2 Å². The molecule has 0 saturated carbocycles. The third-order valence-electron chi connectivity index (χ3n) is 8.15. The van der Waals surface area contributed by atoms with Gasteiger partial charge < -0.3 is 29.4 Å². The van der Waals surface area contributed by atoms with E-state index in [-0.39, 0.29) is 12.7 Å². The van der Waals surface area contributed by atoms with Crippen molar-refractivity contribution in [2.45, 2.75) is 83.2 Å². The number of carboxylic acids is 1. The minimum Gasteiger partial charge on any atom is -0.496 e. The van der Waals surface area contributed by atoms with Gasteiger partial charge in [0.25, 0.3) is 0 Å². The van der Waals surface area contributed by atoms with Gasteiger partial charge in [0.2, 0.25) is 0 Å². The first kappa shape index (κ1) is 29.4. The van der Waals surface area contributed by atoms with E-state index in [9.17, 15) is 14.3 Å². The van der Waals surface area contributed by atoms with Crippen molar-refractivity contribution >= 4 is 11.8 Å². The molecule has 10 heteroatoms. The first-order chi connectivity index (χ1) is 19.6. The van der Waals surface area contributed by atoms with Crippen molar-refractivity contribution in [1.82, 2.24) is 9.88 Å². The molecule has 2 N–H and O–H groups in total. The zero-order chi connectivity index (χ0) is 29.1. The van der Waals surface area contributed by atoms with Gasteiger partial charge in [-0.1, -0.05) is 0 Å². The molecule has 1 saturated heterocycles. The predicted octanol–water partition coefficient (Wildman–Crippen LogP) is 4.88. The predicted molar refractivity (Wildman–Crippen MR) is 153 cm³/mol. The molecule has 3 aliphatic heterocycles. The van der Waals surface area contributed by atoms with Crippen LogP contribution in [0.1, 0.15) is 68.0 Å². The van der Waals surface area contributed by atoms with Crippen molar-refractivity contribution in [2.24, 2.45) is 0 Å². The number of hydrogen-bond acceptors (Lipinski definition) is 8. The number of rotatable bonds is 11. The highest BCUT2D eigenvalue weighted by molar-refractivity contribution is 5.78. The summed E-state index contributed by atoms with van der Waals surface area (Å²) in [7, 11) is 1.71. The van der Waals surface area contributed by atoms with E-state index < -0.39 is 23.8 Å². The van der Waals surface area contributed by atoms with E-state index in [1.54, 1.807) is 13.2 Å². The number of fused-ring (bicyclic) bond motifs is 2. The second-order valence-corrected chi connectivity index (χ2v) is 11.8. The summed E-state index contributed by atoms with van der Waals surface area (Å²) < 4.78 is 38.3. The van der Waals surface area contributed by atoms with E-state index in [1.807, 2.05) is 24.0 Å². The van der Waals surface area contributed by atoms with E-state index in [2.05, 4.69) is 5.32 Å². The highest BCUT2D eigenvalue weighted by Gasteiger charge is 2.41. The average molecular weight is 572 g/mol. The van der Waals surface area contributed by atoms with Gasteiger partial charge in [-0.25, -0.2) is 9.37 Å². The Morgan fingerprint density at radius 2 is 2.15 bits per heavy atom. The number of nitrogens with one attached hydrogen (secondary N) is 1. The molecule has 0 amide bonds. The van der Waals surface area contributed by atoms with Gasteiger partial charge in [0.1, 0.15) is 29.9 Å². The Labute approximate surface area is 241 Å². The third-order valence-corrected chi connectivity index (χ3v) is 8.15. The monoisotopic (exact) mass is 571 g/mol. The van der Waals surface area contributed by atoms with E-state index in [0.29, 0.717) is 36.8 Å². The lowest BCUT2D eigenvalue weighted by Crippen LogP contribution is -2.44. The maximum atomic E-state index is 14.7. The van der Waals surface area contributed by atoms with Crippen LogP contribution in [0.2, 0.25) is 0 Å². The molecule has 2 aromatic rings. The summed E-state index contributed by atoms with van der Waals surface area (Å²) in [5.74, 6) is 1.64. The molecule has 0 radical (unpaired) electrons. The third kappa shape index (κ3) is 6.70. The molecule has 4 heterocycles. The number of unbranched alkanes of at least 4 members (excludes halogenated alkanes) is 1. The number of ether oxygens (including phenoxy) is 4. The molecular weight excluding hydrogens is 529 g/mol. The number of nitrogens with zero attached hydrogens (tertiary/aromatic N) is 2. The Kier molecular flexibility index (Phi) is 8.89. The number of carboxylic acid groups (broad SMARTS) is 1. The molecule has 0 aliphatic carbocycles. The highest BCUT2D eigenvalue weighted by atomic mass is 19.1. The molecule has 224 valence electrons. The first-order valence-electron chi connectivity index (χ1n) is 14.7. The van der Waals surface area contributed by atoms with Gasteiger partial charge in [0.15, 0.2) is 17.6 Å². The molecule has 3 atom stereocenters. The minimum atomic E-state index is -1.63. The van der Waals surface area contributed by atoms with Crippen molar-refractivity contribution in [3.05, 3.63) is 40.6 Å². The molecule has 1 unspecified atom stereocenters. The largest absolute Gasteiger partial charge is 0.496 e. The van der Waals surface area contributed by atoms with Crippen LogP contribution >= 0.6 is 0 Å². The fourth-order valence-corrected chi connectivity index (χ4v) is 5.92. The van der Waals surface area contributed by atoms with Crippen LogP contribution in [0.15, 0.2) is 18.2 Å². The molecule has 3 aliphatic rings. The molecule has 5 rings (SSSR count). The molecule has 9 nitrogen and oxygen atoms in total. The number of aliphatic carboxylic acids is 1. The van der Waals surface area contributed by atoms with E-state index in [4.69, 9.17) is 23.9 Å². The number of methoxy groups -OCH3 is 1. The van der Waals surface area contributed by atoms with Gasteiger partial charge in [-0.3, -0.25) is 9.69 Å². The number of benzene rings is 1. The average Bonchev–Trinajstić information content (AvgIpc) is 3.39. The molecule has 1 fully saturated rings. The number of hydrogen-bond donors (Lipinski definition) is 2. The number of alkyl halides is 1. The van der Waals surface area contributed by atoms with Crippen LogP contribution in [0.25, 0.3) is 0 Å². The maximum absolute atomic E-state index is 14.7. The van der Waals surface area contributed by atoms with Crippen molar-refractivity contribution < 1.29 is 33.2 Å². The van der Waals surface area contributed by atoms with Crippen LogP contribution in [0, 0.1) is 6.92 Å². The Morgan fingerprint density at radius 3 is 2.90 bits per heavy atom. The smallest absolute Gasteiger partial charge is 0.325 e. The van der Waals surface area contributed by atoms with Crippen LogP contribution < -0.4 is 19.5 Å². The van der Waals surface area contributed by atoms with Crippen LogP contribution in [0.4, 0.5) is 10.2 Å². The van der Waals surface area contributed by atoms with Gasteiger partial charge in [-0.15, -0.1) is 0 Å². The zero-order valence-electron chi connectivity index (χ0n) is 24.5. The Morgan fingerprint density at radius 1 is 1.32 bits per heavy atom. The fourth-order valence-electron chi connectivity index (χ4n) is 5.92. The van der Waals surface area contributed by atoms with E-state index >= 15 is 0 Å². The number of carbonyl (C=O) groups is 1. The molecule has 41 heavy (non-hydrogen) atoms. The second kappa shape index (κ2) is 12.4. The van der Waals surface area contributed by atoms with Gasteiger partial charge in [0.05, 0.1) is 13.2 Å². The molecule has 1 aromatic heterocycles. The Bertz CT molecular complexity index is 1230. The summed E-state index contributed by atoms with van der Waals surface area (Å²) >= 11 is 0. The highest BCUT2D eigenvalue weighted by Crippen LogP contribution is 2.43. The van der Waals surface area contributed by atoms with Gasteiger partial charge in [0, 0.05) is 49.1 Å². The number of likely N-dealkylation sites (tertiary alicyclic amines) is 1. The lowest BCUT2D eigenvalue weighted by atomic mass is 9.98. The van der Waals surface area contributed by atoms with Crippen molar-refractivity contribution in [3.63, 3.8) is 0 Å². The Balaban J connectivity index is 1.17. The number of pyridine rings is 1. The molecular formula is C31H42FN3O6. The number of aromatic nitrogens is 1. The van der Waals surface area contributed by atoms with Crippen molar-refractivity contribution in [1.29, 1.82) is 0 Å². The lowest BCUT2D eigenvalue weighted by molar-refractivity contribution is -0.143. The van der Waals surface area contributed by atoms with Crippen molar-refractivity contribution in [3.8, 4) is 17.2 Å². The topological polar surface area (TPSA) is 102 Å². The summed E-state index contributed by atoms with van der Waals surface area (Å²) in [6, 6.07) is 4.72. The number of aryl methyl sites for hydroxylation is 2. The Hall–Kier alpha value is -3.11. The summed E-state index contributed by atoms with van der Waals surface area (Å²) in [5, 5.41) is 13.7. The summed E-state index contributed by atoms with van der Waals surface area (Å²) in [4.78, 5) is 19.3. The summed E-state index contributed by atoms with van der Waals surface area (Å²) in [5.41, 5.74) is 1.89. The van der Waals surface area contributed by atoms with Crippen molar-refractivity contribution in [2.75, 3.05) is 45.3 Å². The quantitative estimate of drug-likeness (QED) is 0.365. The van der Waals surface area contributed by atoms with E-state index in [0.717, 1.165) is 73.5 Å².